The quantitative estimate of drug-likeness (QED) is 0.841. The predicted octanol–water partition coefficient (Wildman–Crippen LogP) is 1.45. The van der Waals surface area contributed by atoms with Gasteiger partial charge >= 0.3 is 0 Å². The van der Waals surface area contributed by atoms with Gasteiger partial charge in [0.1, 0.15) is 11.1 Å². The summed E-state index contributed by atoms with van der Waals surface area (Å²) in [5, 5.41) is 7.34. The Labute approximate surface area is 144 Å². The minimum absolute atomic E-state index is 0.0308. The summed E-state index contributed by atoms with van der Waals surface area (Å²) in [4.78, 5) is 21.4. The summed E-state index contributed by atoms with van der Waals surface area (Å²) in [5.41, 5.74) is 0. The zero-order chi connectivity index (χ0) is 16.5. The number of thiazole rings is 1. The van der Waals surface area contributed by atoms with Gasteiger partial charge < -0.3 is 4.74 Å². The molecule has 0 spiro atoms. The van der Waals surface area contributed by atoms with Crippen LogP contribution < -0.4 is 4.90 Å². The molecule has 4 heterocycles. The van der Waals surface area contributed by atoms with Crippen molar-refractivity contribution in [3.8, 4) is 0 Å². The van der Waals surface area contributed by atoms with Gasteiger partial charge in [-0.05, 0) is 12.8 Å². The van der Waals surface area contributed by atoms with E-state index in [1.54, 1.807) is 22.2 Å². The molecule has 2 aromatic rings. The minimum Gasteiger partial charge on any atom is -0.368 e. The highest BCUT2D eigenvalue weighted by Gasteiger charge is 2.37. The molecule has 0 aromatic carbocycles. The van der Waals surface area contributed by atoms with E-state index in [2.05, 4.69) is 15.0 Å². The van der Waals surface area contributed by atoms with Gasteiger partial charge in [0.05, 0.1) is 12.6 Å². The molecule has 2 atom stereocenters. The SMILES string of the molecule is Cn1ccc(N2CCC[C@@H](N3CCO[C@H](c4nccs4)C3)C2=O)n1. The highest BCUT2D eigenvalue weighted by molar-refractivity contribution is 7.09. The van der Waals surface area contributed by atoms with Gasteiger partial charge in [0.25, 0.3) is 0 Å². The molecule has 0 N–H and O–H groups in total. The van der Waals surface area contributed by atoms with E-state index in [0.29, 0.717) is 6.61 Å². The number of piperidine rings is 1. The van der Waals surface area contributed by atoms with Crippen molar-refractivity contribution < 1.29 is 9.53 Å². The molecule has 24 heavy (non-hydrogen) atoms. The van der Waals surface area contributed by atoms with Gasteiger partial charge in [-0.2, -0.15) is 5.10 Å². The smallest absolute Gasteiger partial charge is 0.245 e. The normalized spacial score (nSPS) is 26.0. The average Bonchev–Trinajstić information content (AvgIpc) is 3.27. The van der Waals surface area contributed by atoms with E-state index in [0.717, 1.165) is 43.3 Å². The molecule has 2 fully saturated rings. The first kappa shape index (κ1) is 15.7. The van der Waals surface area contributed by atoms with Gasteiger partial charge in [0.15, 0.2) is 5.82 Å². The van der Waals surface area contributed by atoms with E-state index in [4.69, 9.17) is 4.74 Å². The Morgan fingerprint density at radius 1 is 1.38 bits per heavy atom. The number of carbonyl (C=O) groups excluding carboxylic acids is 1. The molecule has 2 aromatic heterocycles. The van der Waals surface area contributed by atoms with Gasteiger partial charge in [-0.1, -0.05) is 0 Å². The summed E-state index contributed by atoms with van der Waals surface area (Å²) in [6.45, 7) is 2.89. The molecule has 0 bridgehead atoms. The van der Waals surface area contributed by atoms with Crippen LogP contribution in [-0.2, 0) is 16.6 Å². The van der Waals surface area contributed by atoms with Crippen molar-refractivity contribution in [3.05, 3.63) is 28.8 Å². The van der Waals surface area contributed by atoms with Gasteiger partial charge in [-0.3, -0.25) is 19.3 Å². The number of hydrogen-bond donors (Lipinski definition) is 0. The number of aryl methyl sites for hydroxylation is 1. The number of carbonyl (C=O) groups is 1. The van der Waals surface area contributed by atoms with Crippen LogP contribution in [0.4, 0.5) is 5.82 Å². The molecular formula is C16H21N5O2S. The highest BCUT2D eigenvalue weighted by Crippen LogP contribution is 2.28. The van der Waals surface area contributed by atoms with E-state index in [-0.39, 0.29) is 18.1 Å². The summed E-state index contributed by atoms with van der Waals surface area (Å²) in [5.74, 6) is 0.900. The first-order chi connectivity index (χ1) is 11.7. The summed E-state index contributed by atoms with van der Waals surface area (Å²) < 4.78 is 7.59. The van der Waals surface area contributed by atoms with Gasteiger partial charge in [0, 0.05) is 50.5 Å². The predicted molar refractivity (Wildman–Crippen MR) is 91.0 cm³/mol. The number of hydrogen-bond acceptors (Lipinski definition) is 6. The Bertz CT molecular complexity index is 701. The number of rotatable bonds is 3. The van der Waals surface area contributed by atoms with Crippen LogP contribution in [0.5, 0.6) is 0 Å². The lowest BCUT2D eigenvalue weighted by atomic mass is 10.0. The van der Waals surface area contributed by atoms with Gasteiger partial charge in [0.2, 0.25) is 5.91 Å². The van der Waals surface area contributed by atoms with E-state index < -0.39 is 0 Å². The third-order valence-electron chi connectivity index (χ3n) is 4.65. The molecule has 2 aliphatic rings. The van der Waals surface area contributed by atoms with Gasteiger partial charge in [-0.25, -0.2) is 4.98 Å². The van der Waals surface area contributed by atoms with E-state index in [9.17, 15) is 4.79 Å². The molecule has 4 rings (SSSR count). The van der Waals surface area contributed by atoms with Gasteiger partial charge in [-0.15, -0.1) is 11.3 Å². The number of morpholine rings is 1. The standard InChI is InChI=1S/C16H21N5O2S/c1-19-7-4-14(18-19)21-6-2-3-12(16(21)22)20-8-9-23-13(11-20)15-17-5-10-24-15/h4-5,7,10,12-13H,2-3,6,8-9,11H2,1H3/t12-,13+/m1/s1. The van der Waals surface area contributed by atoms with Crippen LogP contribution in [0.2, 0.25) is 0 Å². The summed E-state index contributed by atoms with van der Waals surface area (Å²) in [6, 6.07) is 1.81. The summed E-state index contributed by atoms with van der Waals surface area (Å²) in [7, 11) is 1.87. The highest BCUT2D eigenvalue weighted by atomic mass is 32.1. The average molecular weight is 347 g/mol. The maximum atomic E-state index is 13.0. The van der Waals surface area contributed by atoms with Crippen LogP contribution in [0.25, 0.3) is 0 Å². The molecule has 0 saturated carbocycles. The zero-order valence-electron chi connectivity index (χ0n) is 13.7. The van der Waals surface area contributed by atoms with Crippen molar-refractivity contribution >= 4 is 23.1 Å². The molecule has 1 amide bonds. The van der Waals surface area contributed by atoms with Crippen LogP contribution in [-0.4, -0.2) is 57.9 Å². The fourth-order valence-electron chi connectivity index (χ4n) is 3.46. The number of anilines is 1. The summed E-state index contributed by atoms with van der Waals surface area (Å²) in [6.07, 6.45) is 5.53. The molecule has 7 nitrogen and oxygen atoms in total. The molecule has 2 aliphatic heterocycles. The lowest BCUT2D eigenvalue weighted by Gasteiger charge is -2.41. The third kappa shape index (κ3) is 2.97. The Balaban J connectivity index is 1.49. The van der Waals surface area contributed by atoms with Crippen molar-refractivity contribution in [3.63, 3.8) is 0 Å². The Hall–Kier alpha value is -1.77. The van der Waals surface area contributed by atoms with Crippen LogP contribution in [0, 0.1) is 0 Å². The van der Waals surface area contributed by atoms with Crippen LogP contribution in [0.1, 0.15) is 24.0 Å². The van der Waals surface area contributed by atoms with Crippen molar-refractivity contribution in [2.45, 2.75) is 25.0 Å². The van der Waals surface area contributed by atoms with E-state index in [1.807, 2.05) is 29.6 Å². The number of amides is 1. The third-order valence-corrected chi connectivity index (χ3v) is 5.52. The van der Waals surface area contributed by atoms with Crippen molar-refractivity contribution in [1.29, 1.82) is 0 Å². The Kier molecular flexibility index (Phi) is 4.34. The lowest BCUT2D eigenvalue weighted by molar-refractivity contribution is -0.129. The second-order valence-electron chi connectivity index (χ2n) is 6.22. The van der Waals surface area contributed by atoms with Crippen molar-refractivity contribution in [1.82, 2.24) is 19.7 Å². The minimum atomic E-state index is -0.0906. The monoisotopic (exact) mass is 347 g/mol. The zero-order valence-corrected chi connectivity index (χ0v) is 14.5. The molecule has 0 unspecified atom stereocenters. The fraction of sp³-hybridized carbons (Fsp3) is 0.562. The maximum absolute atomic E-state index is 13.0. The van der Waals surface area contributed by atoms with Crippen LogP contribution in [0.15, 0.2) is 23.8 Å². The second-order valence-corrected chi connectivity index (χ2v) is 7.15. The topological polar surface area (TPSA) is 63.5 Å². The molecule has 8 heteroatoms. The van der Waals surface area contributed by atoms with Crippen LogP contribution >= 0.6 is 11.3 Å². The Morgan fingerprint density at radius 2 is 2.29 bits per heavy atom. The number of nitrogens with zero attached hydrogens (tertiary/aromatic N) is 5. The number of ether oxygens (including phenoxy) is 1. The largest absolute Gasteiger partial charge is 0.368 e. The summed E-state index contributed by atoms with van der Waals surface area (Å²) >= 11 is 1.61. The van der Waals surface area contributed by atoms with E-state index in [1.165, 1.54) is 0 Å². The maximum Gasteiger partial charge on any atom is 0.245 e. The molecule has 2 saturated heterocycles. The van der Waals surface area contributed by atoms with E-state index >= 15 is 0 Å². The second kappa shape index (κ2) is 6.62. The van der Waals surface area contributed by atoms with Crippen LogP contribution in [0.3, 0.4) is 0 Å². The van der Waals surface area contributed by atoms with Crippen molar-refractivity contribution in [2.75, 3.05) is 31.1 Å². The first-order valence-electron chi connectivity index (χ1n) is 8.28. The number of aromatic nitrogens is 3. The Morgan fingerprint density at radius 3 is 3.04 bits per heavy atom. The molecule has 128 valence electrons. The first-order valence-corrected chi connectivity index (χ1v) is 9.16. The molecule has 0 aliphatic carbocycles. The lowest BCUT2D eigenvalue weighted by Crippen LogP contribution is -2.55. The molecule has 0 radical (unpaired) electrons. The fourth-order valence-corrected chi connectivity index (χ4v) is 4.14. The molecular weight excluding hydrogens is 326 g/mol. The van der Waals surface area contributed by atoms with Crippen molar-refractivity contribution in [2.24, 2.45) is 7.05 Å².